The Bertz CT molecular complexity index is 1740. The lowest BCUT2D eigenvalue weighted by Crippen LogP contribution is -2.35. The van der Waals surface area contributed by atoms with Crippen molar-refractivity contribution in [2.24, 2.45) is 0 Å². The van der Waals surface area contributed by atoms with Crippen molar-refractivity contribution in [3.8, 4) is 10.6 Å². The Kier molecular flexibility index (Phi) is 8.77. The van der Waals surface area contributed by atoms with E-state index in [1.165, 1.54) is 15.1 Å². The molecule has 41 heavy (non-hydrogen) atoms. The number of aromatic nitrogens is 3. The van der Waals surface area contributed by atoms with Crippen molar-refractivity contribution in [3.05, 3.63) is 88.9 Å². The molecule has 11 heteroatoms. The standard InChI is InChI=1S/C30H31N5O3S2.ClH/c1-3-22-18-27(39-20-22)28-26-12-13-35(40(36,37)25-10-4-21(2)5-11-25)29(26)33-30(32-28)31-24-8-6-23(7-9-24)19-34-14-16-38-17-15-34;/h4-13,18,20H,3,14-17,19H2,1-2H3,(H,31,32,33);1H. The second-order valence-corrected chi connectivity index (χ2v) is 12.7. The van der Waals surface area contributed by atoms with Gasteiger partial charge in [0.1, 0.15) is 0 Å². The summed E-state index contributed by atoms with van der Waals surface area (Å²) >= 11 is 1.60. The van der Waals surface area contributed by atoms with Crippen LogP contribution in [0.4, 0.5) is 11.6 Å². The molecule has 1 N–H and O–H groups in total. The van der Waals surface area contributed by atoms with Gasteiger partial charge in [-0.05, 0) is 66.2 Å². The summed E-state index contributed by atoms with van der Waals surface area (Å²) in [7, 11) is -3.86. The fourth-order valence-electron chi connectivity index (χ4n) is 4.78. The maximum Gasteiger partial charge on any atom is 0.269 e. The normalized spacial score (nSPS) is 14.2. The Balaban J connectivity index is 0.00000337. The van der Waals surface area contributed by atoms with Gasteiger partial charge in [-0.3, -0.25) is 4.90 Å². The zero-order valence-corrected chi connectivity index (χ0v) is 25.4. The molecule has 6 rings (SSSR count). The van der Waals surface area contributed by atoms with Gasteiger partial charge in [0.25, 0.3) is 10.0 Å². The van der Waals surface area contributed by atoms with Gasteiger partial charge in [0.2, 0.25) is 5.95 Å². The molecule has 1 fully saturated rings. The Labute approximate surface area is 250 Å². The van der Waals surface area contributed by atoms with Crippen LogP contribution in [0, 0.1) is 6.92 Å². The molecule has 1 aliphatic rings. The summed E-state index contributed by atoms with van der Waals surface area (Å²) < 4.78 is 34.0. The number of ether oxygens (including phenoxy) is 1. The molecule has 0 radical (unpaired) electrons. The van der Waals surface area contributed by atoms with E-state index in [2.05, 4.69) is 40.7 Å². The van der Waals surface area contributed by atoms with Crippen LogP contribution in [0.3, 0.4) is 0 Å². The highest BCUT2D eigenvalue weighted by atomic mass is 35.5. The average Bonchev–Trinajstić information content (AvgIpc) is 3.62. The quantitative estimate of drug-likeness (QED) is 0.222. The van der Waals surface area contributed by atoms with E-state index in [0.29, 0.717) is 22.7 Å². The summed E-state index contributed by atoms with van der Waals surface area (Å²) in [6.07, 6.45) is 2.48. The minimum atomic E-state index is -3.86. The monoisotopic (exact) mass is 609 g/mol. The van der Waals surface area contributed by atoms with Crippen LogP contribution in [0.2, 0.25) is 0 Å². The maximum absolute atomic E-state index is 13.7. The van der Waals surface area contributed by atoms with Gasteiger partial charge >= 0.3 is 0 Å². The van der Waals surface area contributed by atoms with Crippen LogP contribution in [-0.2, 0) is 27.7 Å². The highest BCUT2D eigenvalue weighted by Gasteiger charge is 2.23. The van der Waals surface area contributed by atoms with Gasteiger partial charge in [-0.2, -0.15) is 4.98 Å². The number of rotatable bonds is 8. The molecule has 0 aliphatic carbocycles. The fourth-order valence-corrected chi connectivity index (χ4v) is 7.07. The lowest BCUT2D eigenvalue weighted by atomic mass is 10.2. The Morgan fingerprint density at radius 1 is 0.976 bits per heavy atom. The number of anilines is 2. The third-order valence-electron chi connectivity index (χ3n) is 7.10. The number of nitrogens with one attached hydrogen (secondary N) is 1. The molecule has 0 amide bonds. The zero-order chi connectivity index (χ0) is 27.7. The van der Waals surface area contributed by atoms with Gasteiger partial charge in [-0.15, -0.1) is 23.7 Å². The Morgan fingerprint density at radius 2 is 1.71 bits per heavy atom. The van der Waals surface area contributed by atoms with E-state index in [1.807, 2.05) is 19.1 Å². The van der Waals surface area contributed by atoms with E-state index >= 15 is 0 Å². The first kappa shape index (κ1) is 29.2. The lowest BCUT2D eigenvalue weighted by molar-refractivity contribution is 0.0342. The van der Waals surface area contributed by atoms with E-state index in [9.17, 15) is 8.42 Å². The molecule has 0 unspecified atom stereocenters. The van der Waals surface area contributed by atoms with Crippen molar-refractivity contribution in [1.29, 1.82) is 0 Å². The number of hydrogen-bond acceptors (Lipinski definition) is 8. The molecule has 1 aliphatic heterocycles. The van der Waals surface area contributed by atoms with Gasteiger partial charge in [0.15, 0.2) is 5.65 Å². The van der Waals surface area contributed by atoms with Gasteiger partial charge in [-0.25, -0.2) is 17.4 Å². The topological polar surface area (TPSA) is 89.3 Å². The molecule has 0 saturated carbocycles. The predicted octanol–water partition coefficient (Wildman–Crippen LogP) is 6.27. The Hall–Kier alpha value is -3.28. The summed E-state index contributed by atoms with van der Waals surface area (Å²) in [6.45, 7) is 8.33. The lowest BCUT2D eigenvalue weighted by Gasteiger charge is -2.26. The van der Waals surface area contributed by atoms with Crippen LogP contribution in [0.15, 0.2) is 77.1 Å². The molecule has 5 aromatic rings. The van der Waals surface area contributed by atoms with Gasteiger partial charge in [0.05, 0.1) is 28.7 Å². The third kappa shape index (κ3) is 6.17. The average molecular weight is 610 g/mol. The number of benzene rings is 2. The third-order valence-corrected chi connectivity index (χ3v) is 9.77. The van der Waals surface area contributed by atoms with Crippen LogP contribution in [0.25, 0.3) is 21.6 Å². The maximum atomic E-state index is 13.7. The molecular weight excluding hydrogens is 578 g/mol. The SMILES string of the molecule is CCc1csc(-c2nc(Nc3ccc(CN4CCOCC4)cc3)nc3c2ccn3S(=O)(=O)c2ccc(C)cc2)c1.Cl. The molecule has 0 bridgehead atoms. The smallest absolute Gasteiger partial charge is 0.269 e. The summed E-state index contributed by atoms with van der Waals surface area (Å²) in [5.41, 5.74) is 5.29. The molecule has 4 heterocycles. The van der Waals surface area contributed by atoms with Crippen molar-refractivity contribution < 1.29 is 13.2 Å². The van der Waals surface area contributed by atoms with Crippen molar-refractivity contribution in [3.63, 3.8) is 0 Å². The first-order chi connectivity index (χ1) is 19.4. The summed E-state index contributed by atoms with van der Waals surface area (Å²) in [5, 5.41) is 6.12. The number of hydrogen-bond donors (Lipinski definition) is 1. The minimum absolute atomic E-state index is 0. The van der Waals surface area contributed by atoms with Crippen LogP contribution in [0.5, 0.6) is 0 Å². The molecule has 214 valence electrons. The second-order valence-electron chi connectivity index (χ2n) is 9.95. The zero-order valence-electron chi connectivity index (χ0n) is 22.9. The van der Waals surface area contributed by atoms with Crippen molar-refractivity contribution in [2.75, 3.05) is 31.6 Å². The molecule has 0 spiro atoms. The molecular formula is C30H32ClN5O3S2. The molecule has 8 nitrogen and oxygen atoms in total. The Morgan fingerprint density at radius 3 is 2.39 bits per heavy atom. The van der Waals surface area contributed by atoms with Crippen LogP contribution >= 0.6 is 23.7 Å². The van der Waals surface area contributed by atoms with E-state index in [-0.39, 0.29) is 17.3 Å². The highest BCUT2D eigenvalue weighted by molar-refractivity contribution is 7.90. The van der Waals surface area contributed by atoms with E-state index in [4.69, 9.17) is 14.7 Å². The summed E-state index contributed by atoms with van der Waals surface area (Å²) in [6, 6.07) is 18.9. The van der Waals surface area contributed by atoms with E-state index in [0.717, 1.165) is 55.4 Å². The summed E-state index contributed by atoms with van der Waals surface area (Å²) in [4.78, 5) is 13.1. The number of nitrogens with zero attached hydrogens (tertiary/aromatic N) is 4. The molecule has 3 aromatic heterocycles. The van der Waals surface area contributed by atoms with E-state index < -0.39 is 10.0 Å². The summed E-state index contributed by atoms with van der Waals surface area (Å²) in [5.74, 6) is 0.342. The van der Waals surface area contributed by atoms with Crippen LogP contribution < -0.4 is 5.32 Å². The molecule has 1 saturated heterocycles. The first-order valence-corrected chi connectivity index (χ1v) is 15.7. The minimum Gasteiger partial charge on any atom is -0.379 e. The molecule has 2 aromatic carbocycles. The highest BCUT2D eigenvalue weighted by Crippen LogP contribution is 2.34. The number of aryl methyl sites for hydroxylation is 2. The molecule has 0 atom stereocenters. The van der Waals surface area contributed by atoms with Gasteiger partial charge in [-0.1, -0.05) is 36.8 Å². The number of halogens is 1. The largest absolute Gasteiger partial charge is 0.379 e. The van der Waals surface area contributed by atoms with Crippen LogP contribution in [0.1, 0.15) is 23.6 Å². The van der Waals surface area contributed by atoms with E-state index in [1.54, 1.807) is 47.9 Å². The fraction of sp³-hybridized carbons (Fsp3) is 0.267. The van der Waals surface area contributed by atoms with Crippen molar-refractivity contribution in [2.45, 2.75) is 31.7 Å². The van der Waals surface area contributed by atoms with Gasteiger partial charge < -0.3 is 10.1 Å². The second kappa shape index (κ2) is 12.3. The first-order valence-electron chi connectivity index (χ1n) is 13.4. The van der Waals surface area contributed by atoms with Crippen molar-refractivity contribution >= 4 is 56.4 Å². The van der Waals surface area contributed by atoms with Gasteiger partial charge in [0, 0.05) is 36.9 Å². The number of morpholine rings is 1. The van der Waals surface area contributed by atoms with Crippen molar-refractivity contribution in [1.82, 2.24) is 18.8 Å². The predicted molar refractivity (Wildman–Crippen MR) is 167 cm³/mol. The number of thiophene rings is 1. The number of fused-ring (bicyclic) bond motifs is 1. The van der Waals surface area contributed by atoms with Crippen LogP contribution in [-0.4, -0.2) is 53.6 Å².